The van der Waals surface area contributed by atoms with Crippen LogP contribution in [0.2, 0.25) is 0 Å². The van der Waals surface area contributed by atoms with Crippen LogP contribution in [0.3, 0.4) is 0 Å². The first kappa shape index (κ1) is 7.92. The number of nitrogens with two attached hydrogens (primary N) is 1. The predicted octanol–water partition coefficient (Wildman–Crippen LogP) is 2.84. The van der Waals surface area contributed by atoms with Crippen molar-refractivity contribution in [3.63, 3.8) is 0 Å². The van der Waals surface area contributed by atoms with Crippen molar-refractivity contribution >= 4 is 5.69 Å². The van der Waals surface area contributed by atoms with Crippen LogP contribution < -0.4 is 5.73 Å². The van der Waals surface area contributed by atoms with Gasteiger partial charge in [-0.25, -0.2) is 0 Å². The molecule has 0 bridgehead atoms. The van der Waals surface area contributed by atoms with Gasteiger partial charge in [0.2, 0.25) is 0 Å². The highest BCUT2D eigenvalue weighted by Gasteiger charge is 2.04. The molecule has 1 aromatic carbocycles. The van der Waals surface area contributed by atoms with Gasteiger partial charge in [0.05, 0.1) is 5.69 Å². The summed E-state index contributed by atoms with van der Waals surface area (Å²) < 4.78 is 5.48. The SMILES string of the molecule is Cc1oc(-c2ccccc2)cc1N. The zero-order chi connectivity index (χ0) is 9.26. The smallest absolute Gasteiger partial charge is 0.136 e. The van der Waals surface area contributed by atoms with Crippen LogP contribution in [-0.2, 0) is 0 Å². The zero-order valence-corrected chi connectivity index (χ0v) is 7.45. The maximum absolute atomic E-state index is 5.68. The van der Waals surface area contributed by atoms with Gasteiger partial charge in [0.15, 0.2) is 0 Å². The molecule has 0 amide bonds. The van der Waals surface area contributed by atoms with Gasteiger partial charge < -0.3 is 10.2 Å². The first-order valence-corrected chi connectivity index (χ1v) is 4.18. The second-order valence-electron chi connectivity index (χ2n) is 2.99. The lowest BCUT2D eigenvalue weighted by molar-refractivity contribution is 0.550. The third-order valence-corrected chi connectivity index (χ3v) is 2.01. The van der Waals surface area contributed by atoms with Gasteiger partial charge in [0, 0.05) is 11.6 Å². The van der Waals surface area contributed by atoms with Crippen molar-refractivity contribution in [3.8, 4) is 11.3 Å². The number of furan rings is 1. The molecule has 0 aliphatic carbocycles. The Kier molecular flexibility index (Phi) is 1.81. The zero-order valence-electron chi connectivity index (χ0n) is 7.45. The van der Waals surface area contributed by atoms with Crippen molar-refractivity contribution < 1.29 is 4.42 Å². The highest BCUT2D eigenvalue weighted by molar-refractivity contribution is 5.63. The van der Waals surface area contributed by atoms with E-state index in [4.69, 9.17) is 10.2 Å². The molecule has 2 rings (SSSR count). The van der Waals surface area contributed by atoms with Crippen LogP contribution in [0.4, 0.5) is 5.69 Å². The van der Waals surface area contributed by atoms with Gasteiger partial charge in [-0.2, -0.15) is 0 Å². The molecule has 2 nitrogen and oxygen atoms in total. The van der Waals surface area contributed by atoms with Crippen molar-refractivity contribution in [1.82, 2.24) is 0 Å². The van der Waals surface area contributed by atoms with Crippen LogP contribution in [0.25, 0.3) is 11.3 Å². The van der Waals surface area contributed by atoms with E-state index in [-0.39, 0.29) is 0 Å². The largest absolute Gasteiger partial charge is 0.459 e. The van der Waals surface area contributed by atoms with Crippen molar-refractivity contribution in [2.24, 2.45) is 0 Å². The minimum Gasteiger partial charge on any atom is -0.459 e. The van der Waals surface area contributed by atoms with Crippen LogP contribution in [0.1, 0.15) is 5.76 Å². The summed E-state index contributed by atoms with van der Waals surface area (Å²) in [5, 5.41) is 0. The lowest BCUT2D eigenvalue weighted by Crippen LogP contribution is -1.80. The van der Waals surface area contributed by atoms with E-state index in [2.05, 4.69) is 0 Å². The van der Waals surface area contributed by atoms with E-state index in [0.717, 1.165) is 17.1 Å². The molecule has 0 aliphatic rings. The fraction of sp³-hybridized carbons (Fsp3) is 0.0909. The van der Waals surface area contributed by atoms with E-state index in [0.29, 0.717) is 5.69 Å². The fourth-order valence-corrected chi connectivity index (χ4v) is 1.24. The van der Waals surface area contributed by atoms with Crippen molar-refractivity contribution in [1.29, 1.82) is 0 Å². The van der Waals surface area contributed by atoms with Crippen LogP contribution in [-0.4, -0.2) is 0 Å². The Labute approximate surface area is 77.0 Å². The van der Waals surface area contributed by atoms with E-state index < -0.39 is 0 Å². The summed E-state index contributed by atoms with van der Waals surface area (Å²) in [5.74, 6) is 1.61. The number of aryl methyl sites for hydroxylation is 1. The lowest BCUT2D eigenvalue weighted by Gasteiger charge is -1.93. The molecule has 0 radical (unpaired) electrons. The lowest BCUT2D eigenvalue weighted by atomic mass is 10.2. The monoisotopic (exact) mass is 173 g/mol. The quantitative estimate of drug-likeness (QED) is 0.720. The van der Waals surface area contributed by atoms with E-state index in [9.17, 15) is 0 Å². The van der Waals surface area contributed by atoms with Gasteiger partial charge in [-0.3, -0.25) is 0 Å². The Morgan fingerprint density at radius 1 is 1.15 bits per heavy atom. The van der Waals surface area contributed by atoms with Gasteiger partial charge in [0.25, 0.3) is 0 Å². The minimum atomic E-state index is 0.707. The van der Waals surface area contributed by atoms with Gasteiger partial charge in [-0.05, 0) is 6.92 Å². The highest BCUT2D eigenvalue weighted by atomic mass is 16.3. The average Bonchev–Trinajstić information content (AvgIpc) is 2.49. The van der Waals surface area contributed by atoms with Gasteiger partial charge in [-0.15, -0.1) is 0 Å². The molecular formula is C11H11NO. The number of anilines is 1. The third-order valence-electron chi connectivity index (χ3n) is 2.01. The van der Waals surface area contributed by atoms with Gasteiger partial charge >= 0.3 is 0 Å². The molecule has 2 N–H and O–H groups in total. The van der Waals surface area contributed by atoms with Crippen molar-refractivity contribution in [3.05, 3.63) is 42.2 Å². The van der Waals surface area contributed by atoms with E-state index in [1.165, 1.54) is 0 Å². The molecule has 0 fully saturated rings. The Bertz CT molecular complexity index is 384. The molecule has 0 aliphatic heterocycles. The molecule has 2 heteroatoms. The molecule has 0 atom stereocenters. The summed E-state index contributed by atoms with van der Waals surface area (Å²) in [7, 11) is 0. The molecule has 0 saturated carbocycles. The first-order chi connectivity index (χ1) is 6.27. The molecule has 0 saturated heterocycles. The molecule has 1 heterocycles. The Morgan fingerprint density at radius 3 is 2.38 bits per heavy atom. The summed E-state index contributed by atoms with van der Waals surface area (Å²) >= 11 is 0. The molecule has 1 aromatic heterocycles. The van der Waals surface area contributed by atoms with E-state index >= 15 is 0 Å². The number of rotatable bonds is 1. The number of hydrogen-bond donors (Lipinski definition) is 1. The highest BCUT2D eigenvalue weighted by Crippen LogP contribution is 2.26. The van der Waals surface area contributed by atoms with Gasteiger partial charge in [-0.1, -0.05) is 30.3 Å². The number of benzene rings is 1. The van der Waals surface area contributed by atoms with Crippen molar-refractivity contribution in [2.75, 3.05) is 5.73 Å². The van der Waals surface area contributed by atoms with E-state index in [1.54, 1.807) is 0 Å². The summed E-state index contributed by atoms with van der Waals surface area (Å²) in [4.78, 5) is 0. The summed E-state index contributed by atoms with van der Waals surface area (Å²) in [6.07, 6.45) is 0. The molecule has 13 heavy (non-hydrogen) atoms. The Hall–Kier alpha value is -1.70. The summed E-state index contributed by atoms with van der Waals surface area (Å²) in [6, 6.07) is 11.8. The average molecular weight is 173 g/mol. The van der Waals surface area contributed by atoms with Crippen LogP contribution >= 0.6 is 0 Å². The fourth-order valence-electron chi connectivity index (χ4n) is 1.24. The van der Waals surface area contributed by atoms with Crippen LogP contribution in [0, 0.1) is 6.92 Å². The van der Waals surface area contributed by atoms with E-state index in [1.807, 2.05) is 43.3 Å². The molecule has 0 spiro atoms. The van der Waals surface area contributed by atoms with Crippen LogP contribution in [0.15, 0.2) is 40.8 Å². The summed E-state index contributed by atoms with van der Waals surface area (Å²) in [5.41, 5.74) is 7.45. The Morgan fingerprint density at radius 2 is 1.85 bits per heavy atom. The minimum absolute atomic E-state index is 0.707. The molecule has 2 aromatic rings. The standard InChI is InChI=1S/C11H11NO/c1-8-10(12)7-11(13-8)9-5-3-2-4-6-9/h2-7H,12H2,1H3. The Balaban J connectivity index is 2.48. The molecule has 0 unspecified atom stereocenters. The molecular weight excluding hydrogens is 162 g/mol. The number of nitrogen functional groups attached to an aromatic ring is 1. The maximum Gasteiger partial charge on any atom is 0.136 e. The van der Waals surface area contributed by atoms with Gasteiger partial charge in [0.1, 0.15) is 11.5 Å². The molecule has 66 valence electrons. The first-order valence-electron chi connectivity index (χ1n) is 4.18. The normalized spacial score (nSPS) is 10.2. The second-order valence-corrected chi connectivity index (χ2v) is 2.99. The third kappa shape index (κ3) is 1.43. The second kappa shape index (κ2) is 2.98. The number of hydrogen-bond acceptors (Lipinski definition) is 2. The topological polar surface area (TPSA) is 39.2 Å². The van der Waals surface area contributed by atoms with Crippen molar-refractivity contribution in [2.45, 2.75) is 6.92 Å². The summed E-state index contributed by atoms with van der Waals surface area (Å²) in [6.45, 7) is 1.86. The maximum atomic E-state index is 5.68. The van der Waals surface area contributed by atoms with Crippen LogP contribution in [0.5, 0.6) is 0 Å². The predicted molar refractivity (Wildman–Crippen MR) is 53.3 cm³/mol.